The second-order valence-corrected chi connectivity index (χ2v) is 6.63. The summed E-state index contributed by atoms with van der Waals surface area (Å²) in [6, 6.07) is 3.30. The van der Waals surface area contributed by atoms with Crippen molar-refractivity contribution in [2.75, 3.05) is 13.0 Å². The summed E-state index contributed by atoms with van der Waals surface area (Å²) in [7, 11) is -1.56. The summed E-state index contributed by atoms with van der Waals surface area (Å²) < 4.78 is 23.5. The van der Waals surface area contributed by atoms with Crippen LogP contribution >= 0.6 is 11.6 Å². The number of rotatable bonds is 8. The maximum absolute atomic E-state index is 13.6. The minimum absolute atomic E-state index is 0.116. The first-order valence-electron chi connectivity index (χ1n) is 8.35. The third kappa shape index (κ3) is 5.91. The summed E-state index contributed by atoms with van der Waals surface area (Å²) >= 11 is 5.69. The average molecular weight is 445 g/mol. The number of amides is 2. The summed E-state index contributed by atoms with van der Waals surface area (Å²) in [4.78, 5) is 57.8. The number of hydrogen-bond acceptors (Lipinski definition) is 7. The molecule has 11 nitrogen and oxygen atoms in total. The lowest BCUT2D eigenvalue weighted by molar-refractivity contribution is -0.174. The first-order chi connectivity index (χ1) is 14.0. The van der Waals surface area contributed by atoms with Crippen LogP contribution in [-0.4, -0.2) is 65.6 Å². The van der Waals surface area contributed by atoms with Crippen molar-refractivity contribution in [3.8, 4) is 0 Å². The Balaban J connectivity index is 1.91. The summed E-state index contributed by atoms with van der Waals surface area (Å²) in [5, 5.41) is 22.6. The van der Waals surface area contributed by atoms with Crippen molar-refractivity contribution in [3.05, 3.63) is 34.6 Å². The van der Waals surface area contributed by atoms with Gasteiger partial charge in [0.1, 0.15) is 5.82 Å². The Morgan fingerprint density at radius 3 is 2.57 bits per heavy atom. The lowest BCUT2D eigenvalue weighted by Gasteiger charge is -2.34. The molecule has 0 bridgehead atoms. The van der Waals surface area contributed by atoms with Gasteiger partial charge in [-0.05, 0) is 18.2 Å². The van der Waals surface area contributed by atoms with Gasteiger partial charge in [0.15, 0.2) is 5.60 Å². The maximum Gasteiger partial charge on any atom is 0.548 e. The largest absolute Gasteiger partial charge is 0.548 e. The van der Waals surface area contributed by atoms with Gasteiger partial charge in [0.25, 0.3) is 11.9 Å². The van der Waals surface area contributed by atoms with Gasteiger partial charge in [-0.3, -0.25) is 19.2 Å². The van der Waals surface area contributed by atoms with Gasteiger partial charge in [-0.25, -0.2) is 9.18 Å². The molecular formula is C16H15BClFN2O9. The number of carboxylic acid groups (broad SMARTS) is 2. The summed E-state index contributed by atoms with van der Waals surface area (Å²) in [6.45, 7) is -0.593. The minimum Gasteiger partial charge on any atom is -0.508 e. The fourth-order valence-corrected chi connectivity index (χ4v) is 2.73. The van der Waals surface area contributed by atoms with E-state index in [0.29, 0.717) is 0 Å². The van der Waals surface area contributed by atoms with Gasteiger partial charge in [-0.2, -0.15) is 0 Å². The zero-order valence-corrected chi connectivity index (χ0v) is 15.9. The van der Waals surface area contributed by atoms with E-state index in [1.54, 1.807) is 0 Å². The van der Waals surface area contributed by atoms with Gasteiger partial charge in [0.2, 0.25) is 5.91 Å². The average Bonchev–Trinajstić information content (AvgIpc) is 2.65. The van der Waals surface area contributed by atoms with Crippen molar-refractivity contribution in [2.45, 2.75) is 18.4 Å². The van der Waals surface area contributed by atoms with Crippen LogP contribution in [0.5, 0.6) is 0 Å². The van der Waals surface area contributed by atoms with Crippen molar-refractivity contribution in [2.24, 2.45) is 0 Å². The van der Waals surface area contributed by atoms with E-state index in [9.17, 15) is 33.5 Å². The molecule has 1 fully saturated rings. The predicted molar refractivity (Wildman–Crippen MR) is 96.9 cm³/mol. The van der Waals surface area contributed by atoms with Crippen LogP contribution < -0.4 is 10.6 Å². The molecule has 1 atom stereocenters. The Labute approximate surface area is 173 Å². The maximum atomic E-state index is 13.6. The van der Waals surface area contributed by atoms with E-state index in [1.165, 1.54) is 6.07 Å². The molecule has 1 unspecified atom stereocenters. The quantitative estimate of drug-likeness (QED) is 0.390. The number of carboxylic acids is 2. The zero-order valence-electron chi connectivity index (χ0n) is 15.1. The molecule has 1 aromatic rings. The monoisotopic (exact) mass is 444 g/mol. The highest BCUT2D eigenvalue weighted by Crippen LogP contribution is 2.27. The molecule has 30 heavy (non-hydrogen) atoms. The van der Waals surface area contributed by atoms with Gasteiger partial charge in [0.05, 0.1) is 31.4 Å². The molecule has 1 heterocycles. The lowest BCUT2D eigenvalue weighted by Crippen LogP contribution is -2.57. The SMILES string of the molecule is O=C(O)CC1(C(=O)O)CC(=O)OB(CNC(=O)CNC(=O)c2cc(Cl)ccc2F)O1. The van der Waals surface area contributed by atoms with Crippen LogP contribution in [0.15, 0.2) is 18.2 Å². The van der Waals surface area contributed by atoms with Crippen molar-refractivity contribution in [1.29, 1.82) is 0 Å². The smallest absolute Gasteiger partial charge is 0.508 e. The van der Waals surface area contributed by atoms with Crippen LogP contribution in [-0.2, 0) is 28.5 Å². The van der Waals surface area contributed by atoms with Crippen molar-refractivity contribution < 1.29 is 47.9 Å². The highest BCUT2D eigenvalue weighted by molar-refractivity contribution is 6.48. The van der Waals surface area contributed by atoms with Crippen LogP contribution in [0.4, 0.5) is 4.39 Å². The number of nitrogens with one attached hydrogen (secondary N) is 2. The Morgan fingerprint density at radius 1 is 1.23 bits per heavy atom. The summed E-state index contributed by atoms with van der Waals surface area (Å²) in [5.74, 6) is -6.75. The Morgan fingerprint density at radius 2 is 1.93 bits per heavy atom. The number of hydrogen-bond donors (Lipinski definition) is 4. The second kappa shape index (κ2) is 9.54. The third-order valence-electron chi connectivity index (χ3n) is 3.92. The van der Waals surface area contributed by atoms with Crippen LogP contribution in [0.25, 0.3) is 0 Å². The molecule has 1 saturated heterocycles. The molecule has 2 rings (SSSR count). The van der Waals surface area contributed by atoms with Crippen molar-refractivity contribution >= 4 is 48.4 Å². The normalized spacial score (nSPS) is 18.3. The van der Waals surface area contributed by atoms with E-state index in [0.717, 1.165) is 12.1 Å². The van der Waals surface area contributed by atoms with E-state index in [4.69, 9.17) is 26.0 Å². The van der Waals surface area contributed by atoms with Gasteiger partial charge in [-0.15, -0.1) is 0 Å². The number of aliphatic carboxylic acids is 2. The van der Waals surface area contributed by atoms with Gasteiger partial charge >= 0.3 is 19.1 Å². The number of benzene rings is 1. The first-order valence-corrected chi connectivity index (χ1v) is 8.72. The molecule has 1 aromatic carbocycles. The molecule has 0 saturated carbocycles. The fourth-order valence-electron chi connectivity index (χ4n) is 2.56. The highest BCUT2D eigenvalue weighted by atomic mass is 35.5. The Bertz CT molecular complexity index is 895. The van der Waals surface area contributed by atoms with E-state index < -0.39 is 74.1 Å². The molecule has 14 heteroatoms. The Hall–Kier alpha value is -3.19. The highest BCUT2D eigenvalue weighted by Gasteiger charge is 2.52. The summed E-state index contributed by atoms with van der Waals surface area (Å²) in [6.07, 6.45) is -2.33. The minimum atomic E-state index is -2.34. The molecule has 0 spiro atoms. The predicted octanol–water partition coefficient (Wildman–Crippen LogP) is -0.386. The van der Waals surface area contributed by atoms with E-state index in [1.807, 2.05) is 0 Å². The van der Waals surface area contributed by atoms with E-state index in [2.05, 4.69) is 10.6 Å². The zero-order chi connectivity index (χ0) is 22.5. The molecule has 1 aliphatic heterocycles. The molecular weight excluding hydrogens is 429 g/mol. The Kier molecular flexibility index (Phi) is 7.35. The third-order valence-corrected chi connectivity index (χ3v) is 4.16. The fraction of sp³-hybridized carbons (Fsp3) is 0.312. The topological polar surface area (TPSA) is 168 Å². The number of halogens is 2. The van der Waals surface area contributed by atoms with E-state index >= 15 is 0 Å². The van der Waals surface area contributed by atoms with Crippen LogP contribution in [0.3, 0.4) is 0 Å². The van der Waals surface area contributed by atoms with Crippen molar-refractivity contribution in [3.63, 3.8) is 0 Å². The van der Waals surface area contributed by atoms with Crippen molar-refractivity contribution in [1.82, 2.24) is 10.6 Å². The molecule has 4 N–H and O–H groups in total. The molecule has 1 aliphatic rings. The second-order valence-electron chi connectivity index (χ2n) is 6.19. The molecule has 0 radical (unpaired) electrons. The summed E-state index contributed by atoms with van der Waals surface area (Å²) in [5.41, 5.74) is -2.71. The molecule has 160 valence electrons. The van der Waals surface area contributed by atoms with Gasteiger partial charge in [0, 0.05) is 5.02 Å². The van der Waals surface area contributed by atoms with Gasteiger partial charge in [-0.1, -0.05) is 11.6 Å². The van der Waals surface area contributed by atoms with Crippen LogP contribution in [0, 0.1) is 5.82 Å². The van der Waals surface area contributed by atoms with Crippen LogP contribution in [0.1, 0.15) is 23.2 Å². The standard InChI is InChI=1S/C16H15BClFN2O9/c18-8-1-2-10(19)9(3-8)14(26)20-6-11(22)21-7-17-29-13(25)5-16(30-17,15(27)28)4-12(23)24/h1-3H,4-7H2,(H,20,26)(H,21,22)(H,23,24)(H,27,28). The first kappa shape index (κ1) is 23.1. The lowest BCUT2D eigenvalue weighted by atomic mass is 9.82. The molecule has 0 aromatic heterocycles. The number of carbonyl (C=O) groups is 5. The number of carbonyl (C=O) groups excluding carboxylic acids is 3. The van der Waals surface area contributed by atoms with Gasteiger partial charge < -0.3 is 30.2 Å². The molecule has 0 aliphatic carbocycles. The van der Waals surface area contributed by atoms with E-state index in [-0.39, 0.29) is 10.6 Å². The molecule has 2 amide bonds. The van der Waals surface area contributed by atoms with Crippen LogP contribution in [0.2, 0.25) is 5.02 Å².